The Morgan fingerprint density at radius 3 is 2.53 bits per heavy atom. The number of halogens is 1. The minimum absolute atomic E-state index is 0.0357. The first-order valence-corrected chi connectivity index (χ1v) is 10.7. The monoisotopic (exact) mass is 448 g/mol. The van der Waals surface area contributed by atoms with Crippen LogP contribution in [0.1, 0.15) is 16.1 Å². The molecule has 0 spiro atoms. The van der Waals surface area contributed by atoms with Gasteiger partial charge in [-0.05, 0) is 60.7 Å². The van der Waals surface area contributed by atoms with Crippen LogP contribution in [0, 0.1) is 5.82 Å². The number of Topliss-reactive ketones (excluding diaryl/α,β-unsaturated/α-hetero) is 1. The molecule has 0 saturated carbocycles. The fourth-order valence-corrected chi connectivity index (χ4v) is 4.00. The second-order valence-corrected chi connectivity index (χ2v) is 7.83. The van der Waals surface area contributed by atoms with E-state index in [1.807, 2.05) is 40.9 Å². The Morgan fingerprint density at radius 2 is 1.71 bits per heavy atom. The van der Waals surface area contributed by atoms with E-state index in [0.29, 0.717) is 28.3 Å². The lowest BCUT2D eigenvalue weighted by Gasteiger charge is -2.05. The number of aromatic nitrogens is 6. The van der Waals surface area contributed by atoms with Crippen LogP contribution in [0.2, 0.25) is 0 Å². The van der Waals surface area contributed by atoms with E-state index in [0.717, 1.165) is 16.9 Å². The van der Waals surface area contributed by atoms with Gasteiger partial charge in [-0.2, -0.15) is 5.10 Å². The van der Waals surface area contributed by atoms with Crippen molar-refractivity contribution in [3.8, 4) is 22.6 Å². The number of benzene rings is 1. The predicted molar refractivity (Wildman–Crippen MR) is 125 cm³/mol. The summed E-state index contributed by atoms with van der Waals surface area (Å²) < 4.78 is 17.2. The summed E-state index contributed by atoms with van der Waals surface area (Å²) in [6.45, 7) is 0. The summed E-state index contributed by atoms with van der Waals surface area (Å²) in [7, 11) is 0. The number of hydrogen-bond donors (Lipinski definition) is 0. The maximum absolute atomic E-state index is 13.5. The molecule has 0 N–H and O–H groups in total. The fraction of sp³-hybridized carbons (Fsp3) is 0.0385. The second kappa shape index (κ2) is 8.00. The molecule has 0 amide bonds. The Morgan fingerprint density at radius 1 is 0.882 bits per heavy atom. The van der Waals surface area contributed by atoms with Crippen LogP contribution in [0.3, 0.4) is 0 Å². The summed E-state index contributed by atoms with van der Waals surface area (Å²) in [6.07, 6.45) is 7.04. The molecule has 34 heavy (non-hydrogen) atoms. The Kier molecular flexibility index (Phi) is 4.69. The minimum Gasteiger partial charge on any atom is -0.298 e. The van der Waals surface area contributed by atoms with Gasteiger partial charge in [0.05, 0.1) is 24.0 Å². The van der Waals surface area contributed by atoms with Gasteiger partial charge in [0.1, 0.15) is 22.9 Å². The largest absolute Gasteiger partial charge is 0.298 e. The van der Waals surface area contributed by atoms with Crippen LogP contribution >= 0.6 is 0 Å². The molecular weight excluding hydrogens is 431 g/mol. The molecule has 0 aliphatic carbocycles. The smallest absolute Gasteiger partial charge is 0.168 e. The van der Waals surface area contributed by atoms with Crippen LogP contribution in [0.4, 0.5) is 4.39 Å². The molecule has 8 heteroatoms. The maximum atomic E-state index is 13.5. The third kappa shape index (κ3) is 3.51. The summed E-state index contributed by atoms with van der Waals surface area (Å²) in [5, 5.41) is 4.77. The van der Waals surface area contributed by atoms with Gasteiger partial charge in [0.15, 0.2) is 11.4 Å². The van der Waals surface area contributed by atoms with Crippen molar-refractivity contribution in [3.63, 3.8) is 0 Å². The maximum Gasteiger partial charge on any atom is 0.168 e. The molecule has 5 aromatic heterocycles. The van der Waals surface area contributed by atoms with E-state index in [9.17, 15) is 9.18 Å². The molecule has 7 nitrogen and oxygen atoms in total. The molecule has 5 heterocycles. The Balaban J connectivity index is 1.43. The van der Waals surface area contributed by atoms with Gasteiger partial charge < -0.3 is 0 Å². The molecule has 6 rings (SSSR count). The van der Waals surface area contributed by atoms with Crippen LogP contribution in [0.5, 0.6) is 0 Å². The van der Waals surface area contributed by atoms with Gasteiger partial charge >= 0.3 is 0 Å². The third-order valence-electron chi connectivity index (χ3n) is 5.60. The third-order valence-corrected chi connectivity index (χ3v) is 5.60. The van der Waals surface area contributed by atoms with E-state index in [1.165, 1.54) is 12.1 Å². The van der Waals surface area contributed by atoms with E-state index in [1.54, 1.807) is 47.4 Å². The van der Waals surface area contributed by atoms with Gasteiger partial charge in [0.2, 0.25) is 0 Å². The molecule has 0 saturated heterocycles. The average molecular weight is 448 g/mol. The standard InChI is InChI=1S/C26H17FN6O/c27-19-6-4-18(5-7-19)25-26(32-14-2-1-3-23(32)30-25)21-8-9-24-29-20(16-33(24)31-21)15-22(34)17-10-12-28-13-11-17/h1-14,16H,15H2. The number of carbonyl (C=O) groups is 1. The van der Waals surface area contributed by atoms with Crippen molar-refractivity contribution < 1.29 is 9.18 Å². The number of ketones is 1. The Bertz CT molecular complexity index is 1650. The summed E-state index contributed by atoms with van der Waals surface area (Å²) in [4.78, 5) is 25.9. The molecule has 0 bridgehead atoms. The summed E-state index contributed by atoms with van der Waals surface area (Å²) in [5.41, 5.74) is 5.56. The highest BCUT2D eigenvalue weighted by Gasteiger charge is 2.18. The zero-order valence-electron chi connectivity index (χ0n) is 17.8. The van der Waals surface area contributed by atoms with Crippen molar-refractivity contribution in [1.29, 1.82) is 0 Å². The van der Waals surface area contributed by atoms with Gasteiger partial charge in [-0.15, -0.1) is 0 Å². The van der Waals surface area contributed by atoms with Crippen molar-refractivity contribution in [2.75, 3.05) is 0 Å². The highest BCUT2D eigenvalue weighted by Crippen LogP contribution is 2.32. The van der Waals surface area contributed by atoms with Gasteiger partial charge in [0.25, 0.3) is 0 Å². The summed E-state index contributed by atoms with van der Waals surface area (Å²) >= 11 is 0. The molecule has 1 aromatic carbocycles. The fourth-order valence-electron chi connectivity index (χ4n) is 4.00. The van der Waals surface area contributed by atoms with Crippen molar-refractivity contribution in [1.82, 2.24) is 29.0 Å². The van der Waals surface area contributed by atoms with E-state index in [4.69, 9.17) is 10.1 Å². The van der Waals surface area contributed by atoms with Crippen LogP contribution in [0.25, 0.3) is 33.9 Å². The molecular formula is C26H17FN6O. The first-order valence-electron chi connectivity index (χ1n) is 10.7. The number of fused-ring (bicyclic) bond motifs is 2. The number of hydrogen-bond acceptors (Lipinski definition) is 5. The second-order valence-electron chi connectivity index (χ2n) is 7.83. The van der Waals surface area contributed by atoms with E-state index < -0.39 is 0 Å². The normalized spacial score (nSPS) is 11.3. The van der Waals surface area contributed by atoms with Gasteiger partial charge in [-0.1, -0.05) is 6.07 Å². The molecule has 0 aliphatic heterocycles. The summed E-state index contributed by atoms with van der Waals surface area (Å²) in [5.74, 6) is -0.340. The van der Waals surface area contributed by atoms with Crippen molar-refractivity contribution in [2.24, 2.45) is 0 Å². The molecule has 164 valence electrons. The van der Waals surface area contributed by atoms with Crippen LogP contribution in [0.15, 0.2) is 91.5 Å². The van der Waals surface area contributed by atoms with E-state index in [2.05, 4.69) is 9.97 Å². The molecule has 0 fully saturated rings. The molecule has 0 radical (unpaired) electrons. The van der Waals surface area contributed by atoms with Crippen LogP contribution in [-0.2, 0) is 6.42 Å². The number of nitrogens with zero attached hydrogens (tertiary/aromatic N) is 6. The average Bonchev–Trinajstić information content (AvgIpc) is 3.45. The topological polar surface area (TPSA) is 77.5 Å². The quantitative estimate of drug-likeness (QED) is 0.358. The lowest BCUT2D eigenvalue weighted by atomic mass is 10.1. The Hall–Kier alpha value is -4.72. The zero-order valence-corrected chi connectivity index (χ0v) is 17.8. The highest BCUT2D eigenvalue weighted by atomic mass is 19.1. The van der Waals surface area contributed by atoms with Gasteiger partial charge in [-0.25, -0.2) is 18.9 Å². The minimum atomic E-state index is -0.305. The van der Waals surface area contributed by atoms with Crippen molar-refractivity contribution >= 4 is 17.1 Å². The van der Waals surface area contributed by atoms with E-state index in [-0.39, 0.29) is 18.0 Å². The van der Waals surface area contributed by atoms with E-state index >= 15 is 0 Å². The summed E-state index contributed by atoms with van der Waals surface area (Å²) in [6, 6.07) is 19.1. The lowest BCUT2D eigenvalue weighted by molar-refractivity contribution is 0.0992. The zero-order chi connectivity index (χ0) is 23.1. The molecule has 0 aliphatic rings. The molecule has 0 unspecified atom stereocenters. The molecule has 6 aromatic rings. The molecule has 0 atom stereocenters. The lowest BCUT2D eigenvalue weighted by Crippen LogP contribution is -2.03. The van der Waals surface area contributed by atoms with Gasteiger partial charge in [-0.3, -0.25) is 14.2 Å². The van der Waals surface area contributed by atoms with Gasteiger partial charge in [0, 0.05) is 29.7 Å². The van der Waals surface area contributed by atoms with Crippen molar-refractivity contribution in [2.45, 2.75) is 6.42 Å². The SMILES string of the molecule is O=C(Cc1cn2nc(-c3c(-c4ccc(F)cc4)nc4ccccn34)ccc2n1)c1ccncc1. The highest BCUT2D eigenvalue weighted by molar-refractivity contribution is 5.97. The van der Waals surface area contributed by atoms with Crippen LogP contribution < -0.4 is 0 Å². The number of imidazole rings is 2. The first kappa shape index (κ1) is 19.9. The van der Waals surface area contributed by atoms with Crippen molar-refractivity contribution in [3.05, 3.63) is 109 Å². The number of rotatable bonds is 5. The number of carbonyl (C=O) groups excluding carboxylic acids is 1. The first-order chi connectivity index (χ1) is 16.7. The Labute approximate surface area is 193 Å². The van der Waals surface area contributed by atoms with Crippen LogP contribution in [-0.4, -0.2) is 34.7 Å². The number of pyridine rings is 2. The predicted octanol–water partition coefficient (Wildman–Crippen LogP) is 4.67.